The number of aromatic nitrogens is 2. The topological polar surface area (TPSA) is 116 Å². The normalized spacial score (nSPS) is 20.6. The lowest BCUT2D eigenvalue weighted by Crippen LogP contribution is -2.37. The largest absolute Gasteiger partial charge is 0.493 e. The Labute approximate surface area is 179 Å². The van der Waals surface area contributed by atoms with Crippen LogP contribution in [-0.2, 0) is 17.8 Å². The van der Waals surface area contributed by atoms with Crippen LogP contribution in [-0.4, -0.2) is 45.7 Å². The molecular formula is C22H26FN5O3. The average molecular weight is 427 g/mol. The van der Waals surface area contributed by atoms with Crippen LogP contribution in [0.1, 0.15) is 46.8 Å². The second kappa shape index (κ2) is 8.41. The summed E-state index contributed by atoms with van der Waals surface area (Å²) >= 11 is 0. The highest BCUT2D eigenvalue weighted by molar-refractivity contribution is 5.98. The highest BCUT2D eigenvalue weighted by Gasteiger charge is 2.32. The number of halogens is 1. The lowest BCUT2D eigenvalue weighted by molar-refractivity contribution is -0.127. The molecule has 4 N–H and O–H groups in total. The molecule has 2 aliphatic heterocycles. The minimum atomic E-state index is -0.658. The predicted octanol–water partition coefficient (Wildman–Crippen LogP) is 1.99. The molecule has 0 aliphatic carbocycles. The molecular weight excluding hydrogens is 401 g/mol. The van der Waals surface area contributed by atoms with E-state index in [0.717, 1.165) is 12.8 Å². The maximum Gasteiger partial charge on any atom is 0.254 e. The molecule has 31 heavy (non-hydrogen) atoms. The van der Waals surface area contributed by atoms with Crippen molar-refractivity contribution in [1.29, 1.82) is 0 Å². The SMILES string of the molecule is C=CC(=O)N1CCC[C@H]1Cn1nc(C2CCOc3ccc(F)cc3C2)c(C(N)=O)c1N. The van der Waals surface area contributed by atoms with Crippen molar-refractivity contribution in [1.82, 2.24) is 14.7 Å². The van der Waals surface area contributed by atoms with Crippen molar-refractivity contribution in [2.45, 2.75) is 44.2 Å². The molecule has 3 heterocycles. The van der Waals surface area contributed by atoms with E-state index in [2.05, 4.69) is 11.7 Å². The summed E-state index contributed by atoms with van der Waals surface area (Å²) in [5.41, 5.74) is 13.3. The molecule has 0 saturated carbocycles. The molecule has 0 radical (unpaired) electrons. The van der Waals surface area contributed by atoms with E-state index in [1.165, 1.54) is 18.2 Å². The van der Waals surface area contributed by atoms with Crippen LogP contribution in [0.5, 0.6) is 5.75 Å². The van der Waals surface area contributed by atoms with E-state index in [1.54, 1.807) is 15.6 Å². The number of anilines is 1. The van der Waals surface area contributed by atoms with E-state index < -0.39 is 5.91 Å². The van der Waals surface area contributed by atoms with Gasteiger partial charge in [-0.05, 0) is 55.5 Å². The van der Waals surface area contributed by atoms with Crippen molar-refractivity contribution >= 4 is 17.6 Å². The molecule has 1 aromatic heterocycles. The molecule has 8 nitrogen and oxygen atoms in total. The number of amides is 2. The number of benzene rings is 1. The summed E-state index contributed by atoms with van der Waals surface area (Å²) < 4.78 is 21.1. The summed E-state index contributed by atoms with van der Waals surface area (Å²) in [6.45, 7) is 4.97. The Morgan fingerprint density at radius 2 is 2.16 bits per heavy atom. The van der Waals surface area contributed by atoms with Gasteiger partial charge in [0.15, 0.2) is 0 Å². The van der Waals surface area contributed by atoms with Gasteiger partial charge in [0.05, 0.1) is 24.9 Å². The summed E-state index contributed by atoms with van der Waals surface area (Å²) in [6.07, 6.45) is 4.02. The molecule has 2 atom stereocenters. The number of ether oxygens (including phenoxy) is 1. The first-order valence-electron chi connectivity index (χ1n) is 10.4. The number of nitrogen functional groups attached to an aromatic ring is 1. The number of rotatable bonds is 5. The monoisotopic (exact) mass is 427 g/mol. The minimum Gasteiger partial charge on any atom is -0.493 e. The zero-order valence-corrected chi connectivity index (χ0v) is 17.2. The quantitative estimate of drug-likeness (QED) is 0.708. The Hall–Kier alpha value is -3.36. The van der Waals surface area contributed by atoms with Crippen molar-refractivity contribution in [2.24, 2.45) is 5.73 Å². The van der Waals surface area contributed by atoms with Gasteiger partial charge < -0.3 is 21.1 Å². The molecule has 4 rings (SSSR count). The molecule has 1 saturated heterocycles. The number of hydrogen-bond acceptors (Lipinski definition) is 5. The number of fused-ring (bicyclic) bond motifs is 1. The molecule has 2 aliphatic rings. The first kappa shape index (κ1) is 20.9. The number of carbonyl (C=O) groups is 2. The van der Waals surface area contributed by atoms with Crippen LogP contribution in [0.25, 0.3) is 0 Å². The van der Waals surface area contributed by atoms with Crippen LogP contribution in [0.2, 0.25) is 0 Å². The van der Waals surface area contributed by atoms with Crippen LogP contribution >= 0.6 is 0 Å². The number of nitrogens with zero attached hydrogens (tertiary/aromatic N) is 3. The fourth-order valence-electron chi connectivity index (χ4n) is 4.56. The zero-order valence-electron chi connectivity index (χ0n) is 17.2. The second-order valence-corrected chi connectivity index (χ2v) is 8.01. The molecule has 1 fully saturated rings. The van der Waals surface area contributed by atoms with E-state index in [9.17, 15) is 14.0 Å². The fraction of sp³-hybridized carbons (Fsp3) is 0.409. The summed E-state index contributed by atoms with van der Waals surface area (Å²) in [7, 11) is 0. The Kier molecular flexibility index (Phi) is 5.67. The van der Waals surface area contributed by atoms with E-state index >= 15 is 0 Å². The number of primary amides is 1. The van der Waals surface area contributed by atoms with Crippen molar-refractivity contribution in [3.8, 4) is 5.75 Å². The third-order valence-corrected chi connectivity index (χ3v) is 6.08. The Bertz CT molecular complexity index is 1030. The molecule has 0 spiro atoms. The summed E-state index contributed by atoms with van der Waals surface area (Å²) in [4.78, 5) is 26.1. The lowest BCUT2D eigenvalue weighted by atomic mass is 9.91. The Morgan fingerprint density at radius 3 is 2.90 bits per heavy atom. The van der Waals surface area contributed by atoms with Gasteiger partial charge in [-0.2, -0.15) is 5.10 Å². The standard InChI is InChI=1S/C22H26FN5O3/c1-2-18(29)27-8-3-4-16(27)12-28-21(24)19(22(25)30)20(26-28)13-7-9-31-17-6-5-15(23)11-14(17)10-13/h2,5-6,11,13,16H,1,3-4,7-10,12,24H2,(H2,25,30)/t13?,16-/m0/s1. The lowest BCUT2D eigenvalue weighted by Gasteiger charge is -2.23. The maximum absolute atomic E-state index is 13.8. The fourth-order valence-corrected chi connectivity index (χ4v) is 4.56. The van der Waals surface area contributed by atoms with Gasteiger partial charge in [-0.3, -0.25) is 9.59 Å². The van der Waals surface area contributed by atoms with Gasteiger partial charge in [-0.1, -0.05) is 6.58 Å². The Morgan fingerprint density at radius 1 is 1.35 bits per heavy atom. The third kappa shape index (κ3) is 3.99. The second-order valence-electron chi connectivity index (χ2n) is 8.01. The summed E-state index contributed by atoms with van der Waals surface area (Å²) in [5, 5.41) is 4.65. The number of hydrogen-bond donors (Lipinski definition) is 2. The number of carbonyl (C=O) groups excluding carboxylic acids is 2. The molecule has 164 valence electrons. The predicted molar refractivity (Wildman–Crippen MR) is 113 cm³/mol. The van der Waals surface area contributed by atoms with E-state index in [-0.39, 0.29) is 35.1 Å². The van der Waals surface area contributed by atoms with E-state index in [4.69, 9.17) is 16.2 Å². The highest BCUT2D eigenvalue weighted by atomic mass is 19.1. The molecule has 0 bridgehead atoms. The van der Waals surface area contributed by atoms with Crippen molar-refractivity contribution in [3.05, 3.63) is 53.5 Å². The zero-order chi connectivity index (χ0) is 22.1. The van der Waals surface area contributed by atoms with E-state index in [1.807, 2.05) is 0 Å². The van der Waals surface area contributed by atoms with E-state index in [0.29, 0.717) is 49.5 Å². The summed E-state index contributed by atoms with van der Waals surface area (Å²) in [5.74, 6) is -0.539. The molecule has 9 heteroatoms. The third-order valence-electron chi connectivity index (χ3n) is 6.08. The van der Waals surface area contributed by atoms with Gasteiger partial charge in [-0.15, -0.1) is 0 Å². The summed E-state index contributed by atoms with van der Waals surface area (Å²) in [6, 6.07) is 4.32. The van der Waals surface area contributed by atoms with Crippen LogP contribution < -0.4 is 16.2 Å². The van der Waals surface area contributed by atoms with Crippen LogP contribution in [0, 0.1) is 5.82 Å². The van der Waals surface area contributed by atoms with Gasteiger partial charge >= 0.3 is 0 Å². The first-order valence-corrected chi connectivity index (χ1v) is 10.4. The van der Waals surface area contributed by atoms with Crippen molar-refractivity contribution < 1.29 is 18.7 Å². The number of likely N-dealkylation sites (tertiary alicyclic amines) is 1. The van der Waals surface area contributed by atoms with Gasteiger partial charge in [0, 0.05) is 12.5 Å². The van der Waals surface area contributed by atoms with Crippen LogP contribution in [0.3, 0.4) is 0 Å². The minimum absolute atomic E-state index is 0.0893. The van der Waals surface area contributed by atoms with Crippen molar-refractivity contribution in [2.75, 3.05) is 18.9 Å². The van der Waals surface area contributed by atoms with Gasteiger partial charge in [0.1, 0.15) is 22.9 Å². The highest BCUT2D eigenvalue weighted by Crippen LogP contribution is 2.35. The molecule has 2 amide bonds. The maximum atomic E-state index is 13.8. The van der Waals surface area contributed by atoms with Crippen LogP contribution in [0.15, 0.2) is 30.9 Å². The molecule has 1 unspecified atom stereocenters. The number of nitrogens with two attached hydrogens (primary N) is 2. The first-order chi connectivity index (χ1) is 14.9. The van der Waals surface area contributed by atoms with Gasteiger partial charge in [0.2, 0.25) is 5.91 Å². The van der Waals surface area contributed by atoms with Gasteiger partial charge in [-0.25, -0.2) is 9.07 Å². The smallest absolute Gasteiger partial charge is 0.254 e. The Balaban J connectivity index is 1.66. The molecule has 1 aromatic carbocycles. The van der Waals surface area contributed by atoms with Crippen molar-refractivity contribution in [3.63, 3.8) is 0 Å². The van der Waals surface area contributed by atoms with Crippen LogP contribution in [0.4, 0.5) is 10.2 Å². The van der Waals surface area contributed by atoms with Gasteiger partial charge in [0.25, 0.3) is 5.91 Å². The molecule has 2 aromatic rings. The average Bonchev–Trinajstić information content (AvgIpc) is 3.26.